The van der Waals surface area contributed by atoms with Crippen molar-refractivity contribution < 1.29 is 5.11 Å². The molecule has 0 unspecified atom stereocenters. The first-order valence-corrected chi connectivity index (χ1v) is 6.34. The van der Waals surface area contributed by atoms with E-state index in [2.05, 4.69) is 31.2 Å². The fraction of sp³-hybridized carbons (Fsp3) is 0.714. The second kappa shape index (κ2) is 13.4. The maximum Gasteiger partial charge on any atom is 0.0431 e. The zero-order chi connectivity index (χ0) is 11.2. The molecule has 0 rings (SSSR count). The summed E-state index contributed by atoms with van der Waals surface area (Å²) >= 11 is 0. The van der Waals surface area contributed by atoms with Gasteiger partial charge in [-0.1, -0.05) is 56.9 Å². The van der Waals surface area contributed by atoms with Gasteiger partial charge in [-0.05, 0) is 25.7 Å². The molecule has 0 aliphatic heterocycles. The van der Waals surface area contributed by atoms with E-state index in [1.54, 1.807) is 0 Å². The fourth-order valence-electron chi connectivity index (χ4n) is 1.42. The van der Waals surface area contributed by atoms with Crippen LogP contribution in [0.1, 0.15) is 58.3 Å². The highest BCUT2D eigenvalue weighted by Gasteiger charge is 1.87. The molecule has 0 aromatic carbocycles. The highest BCUT2D eigenvalue weighted by atomic mass is 16.2. The normalized spacial score (nSPS) is 11.9. The van der Waals surface area contributed by atoms with Gasteiger partial charge in [0.25, 0.3) is 0 Å². The van der Waals surface area contributed by atoms with Crippen molar-refractivity contribution in [1.29, 1.82) is 0 Å². The van der Waals surface area contributed by atoms with Crippen LogP contribution in [0, 0.1) is 0 Å². The van der Waals surface area contributed by atoms with Crippen LogP contribution in [-0.2, 0) is 0 Å². The predicted molar refractivity (Wildman–Crippen MR) is 68.0 cm³/mol. The van der Waals surface area contributed by atoms with Gasteiger partial charge in [0.05, 0.1) is 0 Å². The summed E-state index contributed by atoms with van der Waals surface area (Å²) in [6.45, 7) is 2.54. The minimum Gasteiger partial charge on any atom is -0.396 e. The van der Waals surface area contributed by atoms with Crippen LogP contribution < -0.4 is 0 Å². The van der Waals surface area contributed by atoms with Crippen LogP contribution in [0.4, 0.5) is 0 Å². The third-order valence-electron chi connectivity index (χ3n) is 2.37. The SMILES string of the molecule is CCC/C=C/C=C\CCCCCCCO. The molecule has 0 spiro atoms. The Hall–Kier alpha value is -0.560. The van der Waals surface area contributed by atoms with Gasteiger partial charge in [0.15, 0.2) is 0 Å². The lowest BCUT2D eigenvalue weighted by molar-refractivity contribution is 0.282. The van der Waals surface area contributed by atoms with Crippen molar-refractivity contribution in [2.75, 3.05) is 6.61 Å². The lowest BCUT2D eigenvalue weighted by Gasteiger charge is -1.96. The van der Waals surface area contributed by atoms with Crippen LogP contribution in [0.2, 0.25) is 0 Å². The van der Waals surface area contributed by atoms with Crippen LogP contribution in [0.25, 0.3) is 0 Å². The molecule has 0 heterocycles. The number of hydrogen-bond donors (Lipinski definition) is 1. The second-order valence-corrected chi connectivity index (χ2v) is 3.93. The first kappa shape index (κ1) is 14.4. The maximum absolute atomic E-state index is 8.59. The van der Waals surface area contributed by atoms with Gasteiger partial charge in [-0.15, -0.1) is 0 Å². The first-order chi connectivity index (χ1) is 7.41. The molecule has 1 N–H and O–H groups in total. The minimum absolute atomic E-state index is 0.349. The summed E-state index contributed by atoms with van der Waals surface area (Å²) in [7, 11) is 0. The Kier molecular flexibility index (Phi) is 12.9. The Morgan fingerprint density at radius 3 is 2.07 bits per heavy atom. The van der Waals surface area contributed by atoms with Crippen molar-refractivity contribution in [2.45, 2.75) is 58.3 Å². The molecule has 1 heteroatoms. The number of hydrogen-bond acceptors (Lipinski definition) is 1. The van der Waals surface area contributed by atoms with Gasteiger partial charge in [-0.25, -0.2) is 0 Å². The fourth-order valence-corrected chi connectivity index (χ4v) is 1.42. The molecule has 0 aromatic heterocycles. The molecular weight excluding hydrogens is 184 g/mol. The van der Waals surface area contributed by atoms with E-state index in [4.69, 9.17) is 5.11 Å². The van der Waals surface area contributed by atoms with Crippen LogP contribution >= 0.6 is 0 Å². The molecule has 0 aliphatic rings. The van der Waals surface area contributed by atoms with E-state index in [0.29, 0.717) is 6.61 Å². The lowest BCUT2D eigenvalue weighted by Crippen LogP contribution is -1.82. The van der Waals surface area contributed by atoms with Crippen molar-refractivity contribution >= 4 is 0 Å². The van der Waals surface area contributed by atoms with Gasteiger partial charge in [0, 0.05) is 6.61 Å². The van der Waals surface area contributed by atoms with E-state index in [1.165, 1.54) is 44.9 Å². The van der Waals surface area contributed by atoms with E-state index in [0.717, 1.165) is 6.42 Å². The average Bonchev–Trinajstić information content (AvgIpc) is 2.26. The summed E-state index contributed by atoms with van der Waals surface area (Å²) in [5.74, 6) is 0. The lowest BCUT2D eigenvalue weighted by atomic mass is 10.1. The van der Waals surface area contributed by atoms with Crippen LogP contribution in [0.15, 0.2) is 24.3 Å². The number of unbranched alkanes of at least 4 members (excludes halogenated alkanes) is 6. The van der Waals surface area contributed by atoms with Gasteiger partial charge in [-0.3, -0.25) is 0 Å². The van der Waals surface area contributed by atoms with Crippen molar-refractivity contribution in [3.63, 3.8) is 0 Å². The molecule has 0 fully saturated rings. The molecule has 0 atom stereocenters. The van der Waals surface area contributed by atoms with Crippen LogP contribution in [-0.4, -0.2) is 11.7 Å². The summed E-state index contributed by atoms with van der Waals surface area (Å²) in [5, 5.41) is 8.59. The van der Waals surface area contributed by atoms with Crippen molar-refractivity contribution in [3.8, 4) is 0 Å². The van der Waals surface area contributed by atoms with E-state index in [1.807, 2.05) is 0 Å². The highest BCUT2D eigenvalue weighted by molar-refractivity contribution is 5.02. The Morgan fingerprint density at radius 2 is 1.40 bits per heavy atom. The topological polar surface area (TPSA) is 20.2 Å². The molecular formula is C14H26O. The van der Waals surface area contributed by atoms with E-state index >= 15 is 0 Å². The molecule has 0 aliphatic carbocycles. The smallest absolute Gasteiger partial charge is 0.0431 e. The van der Waals surface area contributed by atoms with Gasteiger partial charge in [0.2, 0.25) is 0 Å². The van der Waals surface area contributed by atoms with E-state index in [9.17, 15) is 0 Å². The molecule has 88 valence electrons. The summed E-state index contributed by atoms with van der Waals surface area (Å²) in [6, 6.07) is 0. The van der Waals surface area contributed by atoms with Gasteiger partial charge in [0.1, 0.15) is 0 Å². The monoisotopic (exact) mass is 210 g/mol. The summed E-state index contributed by atoms with van der Waals surface area (Å²) in [6.07, 6.45) is 18.4. The molecule has 15 heavy (non-hydrogen) atoms. The third kappa shape index (κ3) is 13.4. The number of aliphatic hydroxyl groups is 1. The van der Waals surface area contributed by atoms with Crippen molar-refractivity contribution in [1.82, 2.24) is 0 Å². The van der Waals surface area contributed by atoms with Gasteiger partial charge in [-0.2, -0.15) is 0 Å². The summed E-state index contributed by atoms with van der Waals surface area (Å²) in [5.41, 5.74) is 0. The Balaban J connectivity index is 3.09. The molecule has 0 saturated heterocycles. The Bertz CT molecular complexity index is 159. The van der Waals surface area contributed by atoms with Crippen molar-refractivity contribution in [2.24, 2.45) is 0 Å². The average molecular weight is 210 g/mol. The number of aliphatic hydroxyl groups excluding tert-OH is 1. The minimum atomic E-state index is 0.349. The van der Waals surface area contributed by atoms with Crippen LogP contribution in [0.5, 0.6) is 0 Å². The molecule has 0 aromatic rings. The molecule has 0 radical (unpaired) electrons. The Morgan fingerprint density at radius 1 is 0.800 bits per heavy atom. The number of allylic oxidation sites excluding steroid dienone is 4. The standard InChI is InChI=1S/C14H26O/c1-2-3-4-5-6-7-8-9-10-11-12-13-14-15/h4-7,15H,2-3,8-14H2,1H3/b5-4+,7-6-. The molecule has 0 bridgehead atoms. The Labute approximate surface area is 94.9 Å². The zero-order valence-electron chi connectivity index (χ0n) is 10.1. The molecule has 0 amide bonds. The third-order valence-corrected chi connectivity index (χ3v) is 2.37. The summed E-state index contributed by atoms with van der Waals surface area (Å²) in [4.78, 5) is 0. The van der Waals surface area contributed by atoms with Crippen molar-refractivity contribution in [3.05, 3.63) is 24.3 Å². The second-order valence-electron chi connectivity index (χ2n) is 3.93. The highest BCUT2D eigenvalue weighted by Crippen LogP contribution is 2.05. The van der Waals surface area contributed by atoms with E-state index in [-0.39, 0.29) is 0 Å². The number of rotatable bonds is 10. The first-order valence-electron chi connectivity index (χ1n) is 6.34. The summed E-state index contributed by atoms with van der Waals surface area (Å²) < 4.78 is 0. The predicted octanol–water partition coefficient (Wildman–Crippen LogP) is 4.23. The molecule has 1 nitrogen and oxygen atoms in total. The largest absolute Gasteiger partial charge is 0.396 e. The quantitative estimate of drug-likeness (QED) is 0.422. The van der Waals surface area contributed by atoms with Crippen LogP contribution in [0.3, 0.4) is 0 Å². The zero-order valence-corrected chi connectivity index (χ0v) is 10.1. The maximum atomic E-state index is 8.59. The van der Waals surface area contributed by atoms with Gasteiger partial charge < -0.3 is 5.11 Å². The molecule has 0 saturated carbocycles. The van der Waals surface area contributed by atoms with E-state index < -0.39 is 0 Å². The van der Waals surface area contributed by atoms with Gasteiger partial charge >= 0.3 is 0 Å².